The lowest BCUT2D eigenvalue weighted by Gasteiger charge is -2.09. The first-order valence-electron chi connectivity index (χ1n) is 7.64. The van der Waals surface area contributed by atoms with Crippen molar-refractivity contribution in [3.63, 3.8) is 0 Å². The van der Waals surface area contributed by atoms with E-state index in [2.05, 4.69) is 20.6 Å². The fourth-order valence-electron chi connectivity index (χ4n) is 2.35. The third-order valence-corrected chi connectivity index (χ3v) is 3.60. The maximum atomic E-state index is 12.1. The summed E-state index contributed by atoms with van der Waals surface area (Å²) in [5.41, 5.74) is 1.49. The van der Waals surface area contributed by atoms with Gasteiger partial charge in [0.25, 0.3) is 5.91 Å². The molecule has 0 aliphatic rings. The molecule has 2 N–H and O–H groups in total. The standard InChI is InChI=1S/C18H18N4O2/c1-24-14-8-6-13(7-9-14)18(23)20-11-10-19-17-15-4-2-3-5-16(15)21-12-22-17/h2-9,12H,10-11H2,1H3,(H,20,23)(H,19,21,22). The van der Waals surface area contributed by atoms with E-state index in [9.17, 15) is 4.79 Å². The van der Waals surface area contributed by atoms with Crippen LogP contribution in [0.3, 0.4) is 0 Å². The van der Waals surface area contributed by atoms with Crippen molar-refractivity contribution in [2.24, 2.45) is 0 Å². The van der Waals surface area contributed by atoms with Crippen molar-refractivity contribution in [3.05, 3.63) is 60.4 Å². The number of aromatic nitrogens is 2. The Morgan fingerprint density at radius 1 is 1.04 bits per heavy atom. The van der Waals surface area contributed by atoms with Crippen LogP contribution in [0.2, 0.25) is 0 Å². The minimum absolute atomic E-state index is 0.119. The second-order valence-corrected chi connectivity index (χ2v) is 5.15. The van der Waals surface area contributed by atoms with E-state index in [-0.39, 0.29) is 5.91 Å². The van der Waals surface area contributed by atoms with Gasteiger partial charge in [-0.3, -0.25) is 4.79 Å². The summed E-state index contributed by atoms with van der Waals surface area (Å²) in [5.74, 6) is 1.37. The van der Waals surface area contributed by atoms with Crippen LogP contribution in [0.5, 0.6) is 5.75 Å². The van der Waals surface area contributed by atoms with Crippen molar-refractivity contribution in [3.8, 4) is 5.75 Å². The molecule has 0 bridgehead atoms. The largest absolute Gasteiger partial charge is 0.497 e. The molecule has 24 heavy (non-hydrogen) atoms. The molecule has 0 unspecified atom stereocenters. The second kappa shape index (κ2) is 7.41. The van der Waals surface area contributed by atoms with Crippen LogP contribution in [-0.4, -0.2) is 36.1 Å². The Morgan fingerprint density at radius 2 is 1.83 bits per heavy atom. The van der Waals surface area contributed by atoms with E-state index in [0.717, 1.165) is 22.5 Å². The topological polar surface area (TPSA) is 76.1 Å². The van der Waals surface area contributed by atoms with E-state index in [0.29, 0.717) is 18.7 Å². The van der Waals surface area contributed by atoms with Gasteiger partial charge in [-0.2, -0.15) is 0 Å². The molecular weight excluding hydrogens is 304 g/mol. The van der Waals surface area contributed by atoms with Crippen LogP contribution in [0.15, 0.2) is 54.9 Å². The predicted octanol–water partition coefficient (Wildman–Crippen LogP) is 2.48. The van der Waals surface area contributed by atoms with E-state index in [1.807, 2.05) is 24.3 Å². The van der Waals surface area contributed by atoms with Gasteiger partial charge < -0.3 is 15.4 Å². The number of anilines is 1. The number of methoxy groups -OCH3 is 1. The molecule has 0 radical (unpaired) electrons. The average Bonchev–Trinajstić information content (AvgIpc) is 2.65. The number of hydrogen-bond donors (Lipinski definition) is 2. The molecule has 3 rings (SSSR count). The number of nitrogens with zero attached hydrogens (tertiary/aromatic N) is 2. The summed E-state index contributed by atoms with van der Waals surface area (Å²) in [6.07, 6.45) is 1.53. The fraction of sp³-hybridized carbons (Fsp3) is 0.167. The number of ether oxygens (including phenoxy) is 1. The lowest BCUT2D eigenvalue weighted by molar-refractivity contribution is 0.0955. The Hall–Kier alpha value is -3.15. The molecule has 122 valence electrons. The predicted molar refractivity (Wildman–Crippen MR) is 93.4 cm³/mol. The van der Waals surface area contributed by atoms with Crippen LogP contribution in [0.1, 0.15) is 10.4 Å². The van der Waals surface area contributed by atoms with Gasteiger partial charge >= 0.3 is 0 Å². The molecule has 2 aromatic carbocycles. The van der Waals surface area contributed by atoms with Crippen LogP contribution in [0.25, 0.3) is 10.9 Å². The molecule has 0 saturated carbocycles. The second-order valence-electron chi connectivity index (χ2n) is 5.15. The number of para-hydroxylation sites is 1. The molecule has 0 spiro atoms. The molecule has 6 nitrogen and oxygen atoms in total. The fourth-order valence-corrected chi connectivity index (χ4v) is 2.35. The summed E-state index contributed by atoms with van der Waals surface area (Å²) >= 11 is 0. The summed E-state index contributed by atoms with van der Waals surface area (Å²) in [6, 6.07) is 14.8. The van der Waals surface area contributed by atoms with Gasteiger partial charge in [0, 0.05) is 24.0 Å². The van der Waals surface area contributed by atoms with Crippen LogP contribution in [0.4, 0.5) is 5.82 Å². The number of rotatable bonds is 6. The van der Waals surface area contributed by atoms with Gasteiger partial charge in [-0.25, -0.2) is 9.97 Å². The van der Waals surface area contributed by atoms with Gasteiger partial charge in [-0.15, -0.1) is 0 Å². The summed E-state index contributed by atoms with van der Waals surface area (Å²) in [5, 5.41) is 7.06. The highest BCUT2D eigenvalue weighted by Gasteiger charge is 2.05. The number of carbonyl (C=O) groups is 1. The van der Waals surface area contributed by atoms with Gasteiger partial charge in [0.2, 0.25) is 0 Å². The third-order valence-electron chi connectivity index (χ3n) is 3.60. The van der Waals surface area contributed by atoms with Crippen molar-refractivity contribution in [2.75, 3.05) is 25.5 Å². The number of fused-ring (bicyclic) bond motifs is 1. The van der Waals surface area contributed by atoms with Crippen LogP contribution >= 0.6 is 0 Å². The lowest BCUT2D eigenvalue weighted by atomic mass is 10.2. The maximum Gasteiger partial charge on any atom is 0.251 e. The first kappa shape index (κ1) is 15.7. The first-order valence-corrected chi connectivity index (χ1v) is 7.64. The normalized spacial score (nSPS) is 10.4. The highest BCUT2D eigenvalue weighted by Crippen LogP contribution is 2.17. The van der Waals surface area contributed by atoms with Crippen LogP contribution in [-0.2, 0) is 0 Å². The van der Waals surface area contributed by atoms with Gasteiger partial charge in [0.15, 0.2) is 0 Å². The number of nitrogens with one attached hydrogen (secondary N) is 2. The van der Waals surface area contributed by atoms with Crippen molar-refractivity contribution < 1.29 is 9.53 Å². The molecule has 0 aliphatic heterocycles. The molecule has 6 heteroatoms. The number of benzene rings is 2. The van der Waals surface area contributed by atoms with Crippen LogP contribution < -0.4 is 15.4 Å². The van der Waals surface area contributed by atoms with Gasteiger partial charge in [-0.1, -0.05) is 12.1 Å². The summed E-state index contributed by atoms with van der Waals surface area (Å²) in [6.45, 7) is 1.06. The Bertz CT molecular complexity index is 829. The van der Waals surface area contributed by atoms with E-state index in [4.69, 9.17) is 4.74 Å². The van der Waals surface area contributed by atoms with Gasteiger partial charge in [-0.05, 0) is 36.4 Å². The van der Waals surface area contributed by atoms with Gasteiger partial charge in [0.1, 0.15) is 17.9 Å². The minimum Gasteiger partial charge on any atom is -0.497 e. The highest BCUT2D eigenvalue weighted by molar-refractivity contribution is 5.94. The molecule has 3 aromatic rings. The van der Waals surface area contributed by atoms with Crippen molar-refractivity contribution in [2.45, 2.75) is 0 Å². The Labute approximate surface area is 139 Å². The SMILES string of the molecule is COc1ccc(C(=O)NCCNc2ncnc3ccccc23)cc1. The van der Waals surface area contributed by atoms with Crippen LogP contribution in [0, 0.1) is 0 Å². The van der Waals surface area contributed by atoms with E-state index in [1.54, 1.807) is 31.4 Å². The quantitative estimate of drug-likeness (QED) is 0.682. The van der Waals surface area contributed by atoms with E-state index < -0.39 is 0 Å². The monoisotopic (exact) mass is 322 g/mol. The molecule has 1 aromatic heterocycles. The zero-order chi connectivity index (χ0) is 16.8. The number of amides is 1. The zero-order valence-corrected chi connectivity index (χ0v) is 13.3. The zero-order valence-electron chi connectivity index (χ0n) is 13.3. The van der Waals surface area contributed by atoms with Crippen molar-refractivity contribution in [1.82, 2.24) is 15.3 Å². The summed E-state index contributed by atoms with van der Waals surface area (Å²) in [4.78, 5) is 20.5. The Kier molecular flexibility index (Phi) is 4.86. The molecule has 0 saturated heterocycles. The maximum absolute atomic E-state index is 12.1. The first-order chi connectivity index (χ1) is 11.8. The van der Waals surface area contributed by atoms with Crippen molar-refractivity contribution in [1.29, 1.82) is 0 Å². The molecular formula is C18H18N4O2. The lowest BCUT2D eigenvalue weighted by Crippen LogP contribution is -2.28. The number of carbonyl (C=O) groups excluding carboxylic acids is 1. The average molecular weight is 322 g/mol. The molecule has 1 amide bonds. The minimum atomic E-state index is -0.119. The summed E-state index contributed by atoms with van der Waals surface area (Å²) < 4.78 is 5.08. The smallest absolute Gasteiger partial charge is 0.251 e. The van der Waals surface area contributed by atoms with Crippen molar-refractivity contribution >= 4 is 22.6 Å². The Balaban J connectivity index is 1.53. The highest BCUT2D eigenvalue weighted by atomic mass is 16.5. The molecule has 0 aliphatic carbocycles. The molecule has 0 fully saturated rings. The molecule has 0 atom stereocenters. The van der Waals surface area contributed by atoms with Gasteiger partial charge in [0.05, 0.1) is 12.6 Å². The Morgan fingerprint density at radius 3 is 2.62 bits per heavy atom. The van der Waals surface area contributed by atoms with E-state index in [1.165, 1.54) is 6.33 Å². The third kappa shape index (κ3) is 3.60. The molecule has 1 heterocycles. The summed E-state index contributed by atoms with van der Waals surface area (Å²) in [7, 11) is 1.59. The number of hydrogen-bond acceptors (Lipinski definition) is 5. The van der Waals surface area contributed by atoms with E-state index >= 15 is 0 Å².